The molecular weight excluding hydrogens is 377 g/mol. The van der Waals surface area contributed by atoms with Crippen LogP contribution >= 0.6 is 0 Å². The van der Waals surface area contributed by atoms with Gasteiger partial charge in [0.15, 0.2) is 5.69 Å². The summed E-state index contributed by atoms with van der Waals surface area (Å²) in [6, 6.07) is 9.57. The Balaban J connectivity index is 1.88. The molecule has 144 valence electrons. The van der Waals surface area contributed by atoms with Crippen molar-refractivity contribution in [1.82, 2.24) is 14.8 Å². The number of nitrogens with zero attached hydrogens (tertiary/aromatic N) is 4. The first-order chi connectivity index (χ1) is 13.2. The van der Waals surface area contributed by atoms with Crippen LogP contribution in [0.25, 0.3) is 11.3 Å². The molecule has 0 spiro atoms. The maximum Gasteiger partial charge on any atom is 0.435 e. The number of carbonyl (C=O) groups is 1. The Kier molecular flexibility index (Phi) is 4.82. The largest absolute Gasteiger partial charge is 0.435 e. The molecule has 11 heteroatoms. The van der Waals surface area contributed by atoms with Crippen LogP contribution in [0.5, 0.6) is 0 Å². The number of nitroso groups, excluding NO2 is 1. The number of aryl methyl sites for hydroxylation is 1. The van der Waals surface area contributed by atoms with Crippen LogP contribution in [0.3, 0.4) is 0 Å². The predicted molar refractivity (Wildman–Crippen MR) is 95.7 cm³/mol. The first-order valence-electron chi connectivity index (χ1n) is 7.82. The topological polar surface area (TPSA) is 115 Å². The van der Waals surface area contributed by atoms with Gasteiger partial charge in [-0.15, -0.1) is 4.91 Å². The second-order valence-corrected chi connectivity index (χ2v) is 5.73. The van der Waals surface area contributed by atoms with E-state index in [1.165, 1.54) is 31.3 Å². The van der Waals surface area contributed by atoms with Crippen molar-refractivity contribution < 1.29 is 18.0 Å². The molecule has 3 rings (SSSR count). The number of nitrogen functional groups attached to an aromatic ring is 1. The molecule has 0 bridgehead atoms. The van der Waals surface area contributed by atoms with Crippen LogP contribution in [0, 0.1) is 4.91 Å². The summed E-state index contributed by atoms with van der Waals surface area (Å²) in [6.45, 7) is 0. The number of nitrogens with two attached hydrogens (primary N) is 1. The highest BCUT2D eigenvalue weighted by atomic mass is 19.4. The first-order valence-corrected chi connectivity index (χ1v) is 7.82. The zero-order valence-electron chi connectivity index (χ0n) is 14.4. The molecule has 0 saturated carbocycles. The number of pyridine rings is 1. The van der Waals surface area contributed by atoms with Crippen molar-refractivity contribution in [2.45, 2.75) is 6.18 Å². The number of hydrogen-bond donors (Lipinski definition) is 2. The zero-order chi connectivity index (χ0) is 20.5. The molecular formula is C17H13F3N6O2. The number of carbonyl (C=O) groups excluding carboxylic acids is 1. The Labute approximate surface area is 156 Å². The van der Waals surface area contributed by atoms with E-state index in [1.807, 2.05) is 0 Å². The van der Waals surface area contributed by atoms with E-state index in [-0.39, 0.29) is 34.1 Å². The summed E-state index contributed by atoms with van der Waals surface area (Å²) >= 11 is 0. The summed E-state index contributed by atoms with van der Waals surface area (Å²) in [7, 11) is 1.35. The smallest absolute Gasteiger partial charge is 0.383 e. The van der Waals surface area contributed by atoms with Crippen LogP contribution in [-0.4, -0.2) is 20.7 Å². The molecule has 0 atom stereocenters. The van der Waals surface area contributed by atoms with Gasteiger partial charge in [0.25, 0.3) is 5.91 Å². The highest BCUT2D eigenvalue weighted by Gasteiger charge is 2.35. The lowest BCUT2D eigenvalue weighted by atomic mass is 10.1. The van der Waals surface area contributed by atoms with Crippen LogP contribution in [0.15, 0.2) is 47.6 Å². The molecule has 0 aliphatic carbocycles. The van der Waals surface area contributed by atoms with Crippen molar-refractivity contribution in [2.24, 2.45) is 12.2 Å². The Hall–Kier alpha value is -3.76. The number of anilines is 2. The summed E-state index contributed by atoms with van der Waals surface area (Å²) in [5.41, 5.74) is 5.14. The molecule has 0 unspecified atom stereocenters. The van der Waals surface area contributed by atoms with Gasteiger partial charge in [-0.2, -0.15) is 18.3 Å². The van der Waals surface area contributed by atoms with Gasteiger partial charge in [0.05, 0.1) is 11.3 Å². The predicted octanol–water partition coefficient (Wildman–Crippen LogP) is 3.73. The number of benzene rings is 1. The maximum absolute atomic E-state index is 12.8. The molecule has 0 aliphatic heterocycles. The van der Waals surface area contributed by atoms with Crippen molar-refractivity contribution in [2.75, 3.05) is 11.1 Å². The third kappa shape index (κ3) is 3.68. The molecule has 3 aromatic rings. The number of hydrogen-bond acceptors (Lipinski definition) is 6. The van der Waals surface area contributed by atoms with Gasteiger partial charge in [-0.1, -0.05) is 12.1 Å². The van der Waals surface area contributed by atoms with Gasteiger partial charge < -0.3 is 11.1 Å². The minimum atomic E-state index is -4.59. The summed E-state index contributed by atoms with van der Waals surface area (Å²) in [6.07, 6.45) is -4.59. The molecule has 0 aliphatic rings. The standard InChI is InChI=1S/C17H13F3N6O2/c1-26-12(8-13(24-26)17(18,19)20)10-6-7-14(22-15(10)21)23-16(27)9-4-2-3-5-11(9)25-28/h2-8H,1H3,(H3,21,22,23,27). The van der Waals surface area contributed by atoms with Gasteiger partial charge in [-0.3, -0.25) is 9.48 Å². The summed E-state index contributed by atoms with van der Waals surface area (Å²) in [4.78, 5) is 27.1. The lowest BCUT2D eigenvalue weighted by Crippen LogP contribution is -2.14. The molecule has 3 N–H and O–H groups in total. The lowest BCUT2D eigenvalue weighted by molar-refractivity contribution is -0.141. The lowest BCUT2D eigenvalue weighted by Gasteiger charge is -2.09. The minimum Gasteiger partial charge on any atom is -0.383 e. The van der Waals surface area contributed by atoms with E-state index in [4.69, 9.17) is 5.73 Å². The molecule has 2 heterocycles. The zero-order valence-corrected chi connectivity index (χ0v) is 14.4. The van der Waals surface area contributed by atoms with Crippen LogP contribution in [0.2, 0.25) is 0 Å². The molecule has 2 aromatic heterocycles. The average Bonchev–Trinajstić information content (AvgIpc) is 3.03. The third-order valence-electron chi connectivity index (χ3n) is 3.86. The van der Waals surface area contributed by atoms with Gasteiger partial charge in [0.1, 0.15) is 17.3 Å². The summed E-state index contributed by atoms with van der Waals surface area (Å²) in [5, 5.41) is 8.67. The van der Waals surface area contributed by atoms with Crippen LogP contribution in [0.1, 0.15) is 16.1 Å². The van der Waals surface area contributed by atoms with Crippen molar-refractivity contribution in [3.05, 3.63) is 58.6 Å². The quantitative estimate of drug-likeness (QED) is 0.659. The van der Waals surface area contributed by atoms with Gasteiger partial charge in [-0.05, 0) is 35.5 Å². The highest BCUT2D eigenvalue weighted by Crippen LogP contribution is 2.33. The number of amides is 1. The van der Waals surface area contributed by atoms with Crippen LogP contribution < -0.4 is 11.1 Å². The third-order valence-corrected chi connectivity index (χ3v) is 3.86. The fourth-order valence-electron chi connectivity index (χ4n) is 2.55. The Morgan fingerprint density at radius 1 is 1.21 bits per heavy atom. The molecule has 0 saturated heterocycles. The Morgan fingerprint density at radius 3 is 2.54 bits per heavy atom. The first kappa shape index (κ1) is 19.0. The van der Waals surface area contributed by atoms with E-state index in [0.717, 1.165) is 10.7 Å². The van der Waals surface area contributed by atoms with E-state index in [0.29, 0.717) is 0 Å². The van der Waals surface area contributed by atoms with Gasteiger partial charge in [-0.25, -0.2) is 4.98 Å². The molecule has 8 nitrogen and oxygen atoms in total. The fraction of sp³-hybridized carbons (Fsp3) is 0.118. The van der Waals surface area contributed by atoms with Gasteiger partial charge >= 0.3 is 6.18 Å². The molecule has 1 amide bonds. The van der Waals surface area contributed by atoms with E-state index in [9.17, 15) is 22.9 Å². The molecule has 28 heavy (non-hydrogen) atoms. The van der Waals surface area contributed by atoms with Gasteiger partial charge in [0.2, 0.25) is 0 Å². The molecule has 1 aromatic carbocycles. The normalized spacial score (nSPS) is 11.3. The van der Waals surface area contributed by atoms with Gasteiger partial charge in [0, 0.05) is 12.6 Å². The SMILES string of the molecule is Cn1nc(C(F)(F)F)cc1-c1ccc(NC(=O)c2ccccc2N=O)nc1N. The van der Waals surface area contributed by atoms with Crippen molar-refractivity contribution in [1.29, 1.82) is 0 Å². The van der Waals surface area contributed by atoms with E-state index >= 15 is 0 Å². The van der Waals surface area contributed by atoms with Crippen molar-refractivity contribution in [3.8, 4) is 11.3 Å². The van der Waals surface area contributed by atoms with E-state index in [1.54, 1.807) is 12.1 Å². The van der Waals surface area contributed by atoms with E-state index in [2.05, 4.69) is 20.6 Å². The van der Waals surface area contributed by atoms with E-state index < -0.39 is 17.8 Å². The summed E-state index contributed by atoms with van der Waals surface area (Å²) in [5.74, 6) is -0.670. The Morgan fingerprint density at radius 2 is 1.93 bits per heavy atom. The highest BCUT2D eigenvalue weighted by molar-refractivity contribution is 6.07. The second-order valence-electron chi connectivity index (χ2n) is 5.73. The maximum atomic E-state index is 12.8. The fourth-order valence-corrected chi connectivity index (χ4v) is 2.55. The number of rotatable bonds is 4. The number of aromatic nitrogens is 3. The minimum absolute atomic E-state index is 0.0424. The second kappa shape index (κ2) is 7.10. The summed E-state index contributed by atoms with van der Waals surface area (Å²) < 4.78 is 39.5. The monoisotopic (exact) mass is 390 g/mol. The van der Waals surface area contributed by atoms with Crippen LogP contribution in [0.4, 0.5) is 30.5 Å². The van der Waals surface area contributed by atoms with Crippen molar-refractivity contribution in [3.63, 3.8) is 0 Å². The van der Waals surface area contributed by atoms with Crippen LogP contribution in [-0.2, 0) is 13.2 Å². The number of nitrogens with one attached hydrogen (secondary N) is 1. The number of halogens is 3. The number of alkyl halides is 3. The molecule has 0 radical (unpaired) electrons. The molecule has 0 fully saturated rings. The average molecular weight is 390 g/mol. The van der Waals surface area contributed by atoms with Crippen molar-refractivity contribution >= 4 is 23.2 Å². The Bertz CT molecular complexity index is 1060.